The summed E-state index contributed by atoms with van der Waals surface area (Å²) in [7, 11) is 0. The van der Waals surface area contributed by atoms with Gasteiger partial charge in [-0.3, -0.25) is 4.79 Å². The minimum Gasteiger partial charge on any atom is -0.298 e. The normalized spacial score (nSPS) is 14.5. The topological polar surface area (TPSA) is 40.9 Å². The van der Waals surface area contributed by atoms with Crippen molar-refractivity contribution in [1.82, 2.24) is 0 Å². The Bertz CT molecular complexity index is 240. The molecule has 0 aliphatic carbocycles. The van der Waals surface area contributed by atoms with E-state index in [1.807, 2.05) is 6.92 Å². The molecule has 0 amide bonds. The standard InChI is InChI=1S/C14H25NO/c1-5-7-8-12(6-2)14(16)13(10-15)9-11(3)4/h11-13H,5-9H2,1-4H3. The lowest BCUT2D eigenvalue weighted by molar-refractivity contribution is -0.126. The van der Waals surface area contributed by atoms with E-state index in [9.17, 15) is 4.79 Å². The molecule has 0 aliphatic rings. The summed E-state index contributed by atoms with van der Waals surface area (Å²) in [6, 6.07) is 2.17. The molecule has 0 aromatic rings. The third kappa shape index (κ3) is 5.30. The molecule has 0 spiro atoms. The molecule has 2 heteroatoms. The highest BCUT2D eigenvalue weighted by molar-refractivity contribution is 5.85. The van der Waals surface area contributed by atoms with E-state index in [2.05, 4.69) is 26.8 Å². The van der Waals surface area contributed by atoms with Crippen LogP contribution in [0.4, 0.5) is 0 Å². The second kappa shape index (κ2) is 8.33. The van der Waals surface area contributed by atoms with Gasteiger partial charge in [-0.25, -0.2) is 0 Å². The Morgan fingerprint density at radius 3 is 2.31 bits per heavy atom. The average molecular weight is 223 g/mol. The second-order valence-electron chi connectivity index (χ2n) is 4.96. The number of Topliss-reactive ketones (excluding diaryl/α,β-unsaturated/α-hetero) is 1. The molecule has 0 rings (SSSR count). The number of carbonyl (C=O) groups excluding carboxylic acids is 1. The van der Waals surface area contributed by atoms with E-state index in [0.29, 0.717) is 12.3 Å². The number of carbonyl (C=O) groups is 1. The number of ketones is 1. The molecule has 0 fully saturated rings. The van der Waals surface area contributed by atoms with Crippen LogP contribution < -0.4 is 0 Å². The third-order valence-electron chi connectivity index (χ3n) is 3.01. The van der Waals surface area contributed by atoms with Crippen molar-refractivity contribution in [3.05, 3.63) is 0 Å². The van der Waals surface area contributed by atoms with Crippen LogP contribution in [-0.2, 0) is 4.79 Å². The fourth-order valence-corrected chi connectivity index (χ4v) is 1.99. The van der Waals surface area contributed by atoms with Crippen molar-refractivity contribution >= 4 is 5.78 Å². The third-order valence-corrected chi connectivity index (χ3v) is 3.01. The summed E-state index contributed by atoms with van der Waals surface area (Å²) in [5, 5.41) is 9.04. The molecule has 0 saturated carbocycles. The molecule has 0 radical (unpaired) electrons. The van der Waals surface area contributed by atoms with Crippen molar-refractivity contribution < 1.29 is 4.79 Å². The average Bonchev–Trinajstić information content (AvgIpc) is 2.26. The molecule has 0 aromatic heterocycles. The zero-order valence-electron chi connectivity index (χ0n) is 11.1. The summed E-state index contributed by atoms with van der Waals surface area (Å²) in [6.07, 6.45) is 4.73. The summed E-state index contributed by atoms with van der Waals surface area (Å²) in [5.41, 5.74) is 0. The van der Waals surface area contributed by atoms with Crippen molar-refractivity contribution in [1.29, 1.82) is 5.26 Å². The van der Waals surface area contributed by atoms with Crippen LogP contribution in [0.5, 0.6) is 0 Å². The lowest BCUT2D eigenvalue weighted by Crippen LogP contribution is -2.23. The number of hydrogen-bond acceptors (Lipinski definition) is 2. The van der Waals surface area contributed by atoms with Crippen molar-refractivity contribution in [3.8, 4) is 6.07 Å². The minimum absolute atomic E-state index is 0.100. The first kappa shape index (κ1) is 15.2. The summed E-state index contributed by atoms with van der Waals surface area (Å²) >= 11 is 0. The molecule has 0 heterocycles. The molecule has 92 valence electrons. The van der Waals surface area contributed by atoms with Crippen molar-refractivity contribution in [2.75, 3.05) is 0 Å². The smallest absolute Gasteiger partial charge is 0.153 e. The number of rotatable bonds is 8. The van der Waals surface area contributed by atoms with Gasteiger partial charge >= 0.3 is 0 Å². The van der Waals surface area contributed by atoms with Gasteiger partial charge in [0.05, 0.1) is 6.07 Å². The fraction of sp³-hybridized carbons (Fsp3) is 0.857. The van der Waals surface area contributed by atoms with E-state index in [-0.39, 0.29) is 17.6 Å². The zero-order chi connectivity index (χ0) is 12.6. The zero-order valence-corrected chi connectivity index (χ0v) is 11.1. The molecule has 0 aromatic carbocycles. The monoisotopic (exact) mass is 223 g/mol. The Kier molecular flexibility index (Phi) is 7.89. The Balaban J connectivity index is 4.40. The lowest BCUT2D eigenvalue weighted by Gasteiger charge is -2.18. The minimum atomic E-state index is -0.387. The summed E-state index contributed by atoms with van der Waals surface area (Å²) in [5.74, 6) is 0.301. The van der Waals surface area contributed by atoms with E-state index in [4.69, 9.17) is 5.26 Å². The Labute approximate surface area is 100 Å². The van der Waals surface area contributed by atoms with E-state index < -0.39 is 0 Å². The molecule has 2 nitrogen and oxygen atoms in total. The summed E-state index contributed by atoms with van der Waals surface area (Å²) in [4.78, 5) is 12.1. The Morgan fingerprint density at radius 1 is 1.31 bits per heavy atom. The molecule has 2 atom stereocenters. The predicted molar refractivity (Wildman–Crippen MR) is 66.9 cm³/mol. The Hall–Kier alpha value is -0.840. The van der Waals surface area contributed by atoms with Crippen molar-refractivity contribution in [2.45, 2.75) is 59.8 Å². The fourth-order valence-electron chi connectivity index (χ4n) is 1.99. The highest BCUT2D eigenvalue weighted by Gasteiger charge is 2.25. The van der Waals surface area contributed by atoms with Gasteiger partial charge in [0.25, 0.3) is 0 Å². The largest absolute Gasteiger partial charge is 0.298 e. The molecule has 2 unspecified atom stereocenters. The van der Waals surface area contributed by atoms with Gasteiger partial charge in [0, 0.05) is 5.92 Å². The highest BCUT2D eigenvalue weighted by atomic mass is 16.1. The molecule has 16 heavy (non-hydrogen) atoms. The van der Waals surface area contributed by atoms with Crippen LogP contribution in [0.3, 0.4) is 0 Å². The number of hydrogen-bond donors (Lipinski definition) is 0. The maximum absolute atomic E-state index is 12.1. The van der Waals surface area contributed by atoms with Crippen LogP contribution in [0.1, 0.15) is 59.8 Å². The maximum atomic E-state index is 12.1. The quantitative estimate of drug-likeness (QED) is 0.625. The van der Waals surface area contributed by atoms with Crippen molar-refractivity contribution in [2.24, 2.45) is 17.8 Å². The summed E-state index contributed by atoms with van der Waals surface area (Å²) < 4.78 is 0. The first-order chi connectivity index (χ1) is 7.56. The van der Waals surface area contributed by atoms with Gasteiger partial charge in [0.15, 0.2) is 5.78 Å². The molecule has 0 aliphatic heterocycles. The lowest BCUT2D eigenvalue weighted by atomic mass is 9.84. The first-order valence-corrected chi connectivity index (χ1v) is 6.50. The van der Waals surface area contributed by atoms with Gasteiger partial charge in [-0.2, -0.15) is 5.26 Å². The molecular weight excluding hydrogens is 198 g/mol. The number of unbranched alkanes of at least 4 members (excludes halogenated alkanes) is 1. The van der Waals surface area contributed by atoms with Crippen LogP contribution in [0.15, 0.2) is 0 Å². The van der Waals surface area contributed by atoms with Gasteiger partial charge in [0.1, 0.15) is 5.92 Å². The molecule has 0 saturated heterocycles. The Morgan fingerprint density at radius 2 is 1.94 bits per heavy atom. The van der Waals surface area contributed by atoms with E-state index in [1.54, 1.807) is 0 Å². The van der Waals surface area contributed by atoms with Gasteiger partial charge in [0.2, 0.25) is 0 Å². The highest BCUT2D eigenvalue weighted by Crippen LogP contribution is 2.22. The van der Waals surface area contributed by atoms with Crippen LogP contribution in [0.25, 0.3) is 0 Å². The molecular formula is C14H25NO. The van der Waals surface area contributed by atoms with Crippen LogP contribution >= 0.6 is 0 Å². The van der Waals surface area contributed by atoms with Gasteiger partial charge in [-0.1, -0.05) is 40.5 Å². The maximum Gasteiger partial charge on any atom is 0.153 e. The summed E-state index contributed by atoms with van der Waals surface area (Å²) in [6.45, 7) is 8.30. The second-order valence-corrected chi connectivity index (χ2v) is 4.96. The van der Waals surface area contributed by atoms with Gasteiger partial charge in [-0.15, -0.1) is 0 Å². The van der Waals surface area contributed by atoms with E-state index in [0.717, 1.165) is 25.7 Å². The van der Waals surface area contributed by atoms with Gasteiger partial charge in [-0.05, 0) is 25.2 Å². The van der Waals surface area contributed by atoms with Crippen LogP contribution in [0, 0.1) is 29.1 Å². The molecule has 0 N–H and O–H groups in total. The van der Waals surface area contributed by atoms with Crippen LogP contribution in [0.2, 0.25) is 0 Å². The SMILES string of the molecule is CCCCC(CC)C(=O)C(C#N)CC(C)C. The van der Waals surface area contributed by atoms with Gasteiger partial charge < -0.3 is 0 Å². The number of nitriles is 1. The van der Waals surface area contributed by atoms with E-state index in [1.165, 1.54) is 0 Å². The van der Waals surface area contributed by atoms with E-state index >= 15 is 0 Å². The molecule has 0 bridgehead atoms. The predicted octanol–water partition coefficient (Wildman–Crippen LogP) is 3.96. The van der Waals surface area contributed by atoms with Crippen molar-refractivity contribution in [3.63, 3.8) is 0 Å². The number of nitrogens with zero attached hydrogens (tertiary/aromatic N) is 1. The first-order valence-electron chi connectivity index (χ1n) is 6.50. The van der Waals surface area contributed by atoms with Crippen LogP contribution in [-0.4, -0.2) is 5.78 Å².